The number of halogens is 1. The second-order valence-electron chi connectivity index (χ2n) is 7.93. The summed E-state index contributed by atoms with van der Waals surface area (Å²) in [6.07, 6.45) is 0.893. The normalized spacial score (nSPS) is 17.2. The molecule has 2 aromatic carbocycles. The van der Waals surface area contributed by atoms with Gasteiger partial charge in [0.05, 0.1) is 4.90 Å². The second kappa shape index (κ2) is 9.46. The number of carbonyl (C=O) groups is 1. The van der Waals surface area contributed by atoms with Crippen LogP contribution >= 0.6 is 0 Å². The fourth-order valence-corrected chi connectivity index (χ4v) is 5.64. The van der Waals surface area contributed by atoms with Gasteiger partial charge in [0.15, 0.2) is 11.5 Å². The van der Waals surface area contributed by atoms with Crippen LogP contribution in [0.1, 0.15) is 25.3 Å². The third-order valence-electron chi connectivity index (χ3n) is 5.96. The minimum absolute atomic E-state index is 0.0145. The van der Waals surface area contributed by atoms with E-state index in [1.807, 2.05) is 25.1 Å². The maximum Gasteiger partial charge on any atom is 0.243 e. The average molecular weight is 463 g/mol. The van der Waals surface area contributed by atoms with E-state index in [0.717, 1.165) is 17.7 Å². The number of piperidine rings is 1. The van der Waals surface area contributed by atoms with E-state index < -0.39 is 15.8 Å². The predicted octanol–water partition coefficient (Wildman–Crippen LogP) is 3.05. The summed E-state index contributed by atoms with van der Waals surface area (Å²) in [6, 6.07) is 10.5. The van der Waals surface area contributed by atoms with E-state index in [-0.39, 0.29) is 29.8 Å². The van der Waals surface area contributed by atoms with Crippen LogP contribution in [0.4, 0.5) is 4.39 Å². The minimum Gasteiger partial charge on any atom is -0.486 e. The third kappa shape index (κ3) is 4.59. The molecule has 1 amide bonds. The van der Waals surface area contributed by atoms with Crippen molar-refractivity contribution in [3.63, 3.8) is 0 Å². The van der Waals surface area contributed by atoms with Crippen molar-refractivity contribution in [2.75, 3.05) is 32.8 Å². The van der Waals surface area contributed by atoms with Gasteiger partial charge < -0.3 is 14.4 Å². The Kier molecular flexibility index (Phi) is 6.66. The number of rotatable bonds is 6. The highest BCUT2D eigenvalue weighted by Gasteiger charge is 2.34. The minimum atomic E-state index is -3.70. The molecule has 0 unspecified atom stereocenters. The molecule has 0 bridgehead atoms. The Morgan fingerprint density at radius 2 is 1.78 bits per heavy atom. The first-order valence-corrected chi connectivity index (χ1v) is 12.3. The van der Waals surface area contributed by atoms with E-state index in [0.29, 0.717) is 50.6 Å². The number of hydrogen-bond donors (Lipinski definition) is 0. The van der Waals surface area contributed by atoms with Crippen molar-refractivity contribution in [1.82, 2.24) is 9.21 Å². The number of sulfonamides is 1. The van der Waals surface area contributed by atoms with Crippen molar-refractivity contribution in [3.8, 4) is 11.5 Å². The summed E-state index contributed by atoms with van der Waals surface area (Å²) in [5.41, 5.74) is 0.897. The molecule has 0 aromatic heterocycles. The molecule has 1 fully saturated rings. The molecular weight excluding hydrogens is 435 g/mol. The SMILES string of the molecule is CCN(Cc1cccc2c1OCCO2)C(=O)C1CCN(S(=O)(=O)c2ccc(F)cc2)CC1. The van der Waals surface area contributed by atoms with E-state index in [2.05, 4.69) is 0 Å². The number of ether oxygens (including phenoxy) is 2. The Bertz CT molecular complexity index is 1070. The molecule has 2 heterocycles. The molecule has 2 aromatic rings. The van der Waals surface area contributed by atoms with Crippen LogP contribution in [0.3, 0.4) is 0 Å². The standard InChI is InChI=1S/C23H27FN2O5S/c1-2-25(16-18-4-3-5-21-22(18)31-15-14-30-21)23(27)17-10-12-26(13-11-17)32(28,29)20-8-6-19(24)7-9-20/h3-9,17H,2,10-16H2,1H3. The van der Waals surface area contributed by atoms with Gasteiger partial charge >= 0.3 is 0 Å². The molecule has 0 saturated carbocycles. The summed E-state index contributed by atoms with van der Waals surface area (Å²) in [7, 11) is -3.70. The van der Waals surface area contributed by atoms with Crippen LogP contribution in [0.25, 0.3) is 0 Å². The smallest absolute Gasteiger partial charge is 0.243 e. The van der Waals surface area contributed by atoms with Gasteiger partial charge in [0.25, 0.3) is 0 Å². The molecule has 32 heavy (non-hydrogen) atoms. The largest absolute Gasteiger partial charge is 0.486 e. The van der Waals surface area contributed by atoms with Crippen molar-refractivity contribution < 1.29 is 27.1 Å². The zero-order valence-corrected chi connectivity index (χ0v) is 18.8. The number of hydrogen-bond acceptors (Lipinski definition) is 5. The highest BCUT2D eigenvalue weighted by atomic mass is 32.2. The van der Waals surface area contributed by atoms with Crippen LogP contribution in [-0.2, 0) is 21.4 Å². The van der Waals surface area contributed by atoms with Crippen LogP contribution in [0.15, 0.2) is 47.4 Å². The molecule has 9 heteroatoms. The Morgan fingerprint density at radius 1 is 1.09 bits per heavy atom. The lowest BCUT2D eigenvalue weighted by Crippen LogP contribution is -2.44. The lowest BCUT2D eigenvalue weighted by Gasteiger charge is -2.33. The van der Waals surface area contributed by atoms with Crippen molar-refractivity contribution in [2.24, 2.45) is 5.92 Å². The molecular formula is C23H27FN2O5S. The van der Waals surface area contributed by atoms with Gasteiger partial charge in [-0.05, 0) is 50.1 Å². The zero-order valence-electron chi connectivity index (χ0n) is 18.0. The van der Waals surface area contributed by atoms with E-state index in [1.165, 1.54) is 16.4 Å². The molecule has 4 rings (SSSR count). The monoisotopic (exact) mass is 462 g/mol. The Balaban J connectivity index is 1.41. The summed E-state index contributed by atoms with van der Waals surface area (Å²) in [5, 5.41) is 0. The highest BCUT2D eigenvalue weighted by molar-refractivity contribution is 7.89. The van der Waals surface area contributed by atoms with Gasteiger partial charge in [0.2, 0.25) is 15.9 Å². The predicted molar refractivity (Wildman–Crippen MR) is 116 cm³/mol. The summed E-state index contributed by atoms with van der Waals surface area (Å²) in [6.45, 7) is 4.38. The van der Waals surface area contributed by atoms with Crippen LogP contribution in [0.2, 0.25) is 0 Å². The number of nitrogens with zero attached hydrogens (tertiary/aromatic N) is 2. The van der Waals surface area contributed by atoms with E-state index >= 15 is 0 Å². The van der Waals surface area contributed by atoms with E-state index in [9.17, 15) is 17.6 Å². The van der Waals surface area contributed by atoms with Gasteiger partial charge in [-0.3, -0.25) is 4.79 Å². The summed E-state index contributed by atoms with van der Waals surface area (Å²) < 4.78 is 51.6. The molecule has 0 radical (unpaired) electrons. The molecule has 2 aliphatic heterocycles. The van der Waals surface area contributed by atoms with Gasteiger partial charge in [-0.2, -0.15) is 4.31 Å². The van der Waals surface area contributed by atoms with Crippen LogP contribution in [0, 0.1) is 11.7 Å². The van der Waals surface area contributed by atoms with Crippen molar-refractivity contribution in [3.05, 3.63) is 53.8 Å². The molecule has 1 saturated heterocycles. The summed E-state index contributed by atoms with van der Waals surface area (Å²) in [5.74, 6) is 0.665. The maximum atomic E-state index is 13.2. The number of carbonyl (C=O) groups excluding carboxylic acids is 1. The second-order valence-corrected chi connectivity index (χ2v) is 9.86. The number of fused-ring (bicyclic) bond motifs is 1. The van der Waals surface area contributed by atoms with Gasteiger partial charge in [0.1, 0.15) is 19.0 Å². The third-order valence-corrected chi connectivity index (χ3v) is 7.87. The van der Waals surface area contributed by atoms with Gasteiger partial charge in [-0.1, -0.05) is 12.1 Å². The van der Waals surface area contributed by atoms with Crippen LogP contribution in [-0.4, -0.2) is 56.4 Å². The van der Waals surface area contributed by atoms with Crippen LogP contribution < -0.4 is 9.47 Å². The van der Waals surface area contributed by atoms with Crippen molar-refractivity contribution in [2.45, 2.75) is 31.2 Å². The Hall–Kier alpha value is -2.65. The molecule has 0 spiro atoms. The van der Waals surface area contributed by atoms with Crippen molar-refractivity contribution in [1.29, 1.82) is 0 Å². The Labute approximate surface area is 187 Å². The molecule has 7 nitrogen and oxygen atoms in total. The number of benzene rings is 2. The fourth-order valence-electron chi connectivity index (χ4n) is 4.17. The highest BCUT2D eigenvalue weighted by Crippen LogP contribution is 2.35. The maximum absolute atomic E-state index is 13.2. The fraction of sp³-hybridized carbons (Fsp3) is 0.435. The molecule has 2 aliphatic rings. The van der Waals surface area contributed by atoms with E-state index in [1.54, 1.807) is 4.90 Å². The summed E-state index contributed by atoms with van der Waals surface area (Å²) >= 11 is 0. The molecule has 0 N–H and O–H groups in total. The average Bonchev–Trinajstić information content (AvgIpc) is 2.82. The molecule has 0 atom stereocenters. The summed E-state index contributed by atoms with van der Waals surface area (Å²) in [4.78, 5) is 15.1. The lowest BCUT2D eigenvalue weighted by atomic mass is 9.96. The number of amides is 1. The van der Waals surface area contributed by atoms with Crippen molar-refractivity contribution >= 4 is 15.9 Å². The van der Waals surface area contributed by atoms with Gasteiger partial charge in [0, 0.05) is 37.7 Å². The van der Waals surface area contributed by atoms with Gasteiger partial charge in [-0.25, -0.2) is 12.8 Å². The first-order valence-electron chi connectivity index (χ1n) is 10.8. The molecule has 0 aliphatic carbocycles. The molecule has 172 valence electrons. The lowest BCUT2D eigenvalue weighted by molar-refractivity contribution is -0.137. The first kappa shape index (κ1) is 22.5. The van der Waals surface area contributed by atoms with E-state index in [4.69, 9.17) is 9.47 Å². The zero-order chi connectivity index (χ0) is 22.7. The van der Waals surface area contributed by atoms with Gasteiger partial charge in [-0.15, -0.1) is 0 Å². The topological polar surface area (TPSA) is 76.2 Å². The quantitative estimate of drug-likeness (QED) is 0.660. The number of para-hydroxylation sites is 1. The first-order chi connectivity index (χ1) is 15.4. The van der Waals surface area contributed by atoms with Crippen LogP contribution in [0.5, 0.6) is 11.5 Å². The Morgan fingerprint density at radius 3 is 2.47 bits per heavy atom.